The molecule has 1 aromatic carbocycles. The van der Waals surface area contributed by atoms with Gasteiger partial charge in [-0.05, 0) is 62.1 Å². The smallest absolute Gasteiger partial charge is 0.223 e. The molecule has 0 spiro atoms. The fourth-order valence-corrected chi connectivity index (χ4v) is 5.16. The number of hydrogen-bond donors (Lipinski definition) is 1. The Morgan fingerprint density at radius 3 is 2.59 bits per heavy atom. The van der Waals surface area contributed by atoms with Gasteiger partial charge in [-0.1, -0.05) is 18.5 Å². The predicted molar refractivity (Wildman–Crippen MR) is 131 cm³/mol. The zero-order chi connectivity index (χ0) is 24.3. The van der Waals surface area contributed by atoms with Crippen molar-refractivity contribution in [3.8, 4) is 12.1 Å². The van der Waals surface area contributed by atoms with Crippen LogP contribution in [-0.2, 0) is 10.3 Å². The number of aromatic nitrogens is 1. The average molecular weight is 477 g/mol. The highest BCUT2D eigenvalue weighted by molar-refractivity contribution is 6.30. The van der Waals surface area contributed by atoms with Crippen LogP contribution in [0.1, 0.15) is 56.2 Å². The first-order valence-electron chi connectivity index (χ1n) is 11.8. The zero-order valence-corrected chi connectivity index (χ0v) is 20.3. The Balaban J connectivity index is 1.36. The van der Waals surface area contributed by atoms with Gasteiger partial charge >= 0.3 is 0 Å². The molecule has 1 saturated carbocycles. The van der Waals surface area contributed by atoms with Crippen molar-refractivity contribution < 1.29 is 4.79 Å². The number of halogens is 1. The predicted octanol–water partition coefficient (Wildman–Crippen LogP) is 3.96. The van der Waals surface area contributed by atoms with E-state index in [9.17, 15) is 10.1 Å². The minimum atomic E-state index is -0.185. The third kappa shape index (κ3) is 5.01. The summed E-state index contributed by atoms with van der Waals surface area (Å²) < 4.78 is 0. The normalized spacial score (nSPS) is 21.0. The summed E-state index contributed by atoms with van der Waals surface area (Å²) in [7, 11) is 0. The van der Waals surface area contributed by atoms with E-state index < -0.39 is 0 Å². The van der Waals surface area contributed by atoms with Gasteiger partial charge in [-0.25, -0.2) is 4.98 Å². The Morgan fingerprint density at radius 2 is 1.97 bits per heavy atom. The van der Waals surface area contributed by atoms with Crippen molar-refractivity contribution in [2.75, 3.05) is 24.5 Å². The van der Waals surface area contributed by atoms with Crippen LogP contribution >= 0.6 is 11.6 Å². The summed E-state index contributed by atoms with van der Waals surface area (Å²) in [5.74, 6) is 0.992. The van der Waals surface area contributed by atoms with E-state index in [0.29, 0.717) is 42.2 Å². The second-order valence-corrected chi connectivity index (χ2v) is 9.67. The van der Waals surface area contributed by atoms with Gasteiger partial charge in [0.05, 0.1) is 17.2 Å². The minimum Gasteiger partial charge on any atom is -0.347 e. The lowest BCUT2D eigenvalue weighted by Gasteiger charge is -2.46. The van der Waals surface area contributed by atoms with Crippen molar-refractivity contribution in [1.82, 2.24) is 15.2 Å². The van der Waals surface area contributed by atoms with Gasteiger partial charge in [0.25, 0.3) is 0 Å². The molecule has 2 heterocycles. The number of rotatable bonds is 7. The van der Waals surface area contributed by atoms with Crippen molar-refractivity contribution in [2.45, 2.75) is 57.2 Å². The molecule has 34 heavy (non-hydrogen) atoms. The summed E-state index contributed by atoms with van der Waals surface area (Å²) in [6, 6.07) is 13.7. The summed E-state index contributed by atoms with van der Waals surface area (Å²) in [6.45, 7) is 6.12. The van der Waals surface area contributed by atoms with E-state index in [-0.39, 0.29) is 23.5 Å². The van der Waals surface area contributed by atoms with E-state index in [1.807, 2.05) is 23.1 Å². The maximum absolute atomic E-state index is 13.1. The lowest BCUT2D eigenvalue weighted by Crippen LogP contribution is -2.59. The van der Waals surface area contributed by atoms with E-state index in [2.05, 4.69) is 41.2 Å². The molecule has 2 atom stereocenters. The Morgan fingerprint density at radius 1 is 1.21 bits per heavy atom. The monoisotopic (exact) mass is 476 g/mol. The zero-order valence-electron chi connectivity index (χ0n) is 19.6. The van der Waals surface area contributed by atoms with Gasteiger partial charge in [0.1, 0.15) is 11.9 Å². The lowest BCUT2D eigenvalue weighted by molar-refractivity contribution is -0.132. The van der Waals surface area contributed by atoms with E-state index in [1.54, 1.807) is 18.3 Å². The number of amides is 1. The maximum atomic E-state index is 13.1. The molecule has 0 bridgehead atoms. The molecular weight excluding hydrogens is 448 g/mol. The molecule has 0 radical (unpaired) electrons. The molecule has 1 aliphatic heterocycles. The van der Waals surface area contributed by atoms with Crippen molar-refractivity contribution in [1.29, 1.82) is 10.5 Å². The molecule has 1 N–H and O–H groups in total. The first kappa shape index (κ1) is 24.0. The summed E-state index contributed by atoms with van der Waals surface area (Å²) >= 11 is 6.20. The summed E-state index contributed by atoms with van der Waals surface area (Å²) in [5.41, 5.74) is 1.93. The summed E-state index contributed by atoms with van der Waals surface area (Å²) in [4.78, 5) is 21.8. The molecule has 8 heteroatoms. The second-order valence-electron chi connectivity index (χ2n) is 9.23. The number of nitriles is 2. The van der Waals surface area contributed by atoms with Crippen LogP contribution in [0.15, 0.2) is 36.5 Å². The van der Waals surface area contributed by atoms with Crippen LogP contribution in [0, 0.1) is 22.7 Å². The van der Waals surface area contributed by atoms with Crippen molar-refractivity contribution in [2.24, 2.45) is 0 Å². The number of carbonyl (C=O) groups is 1. The Kier molecular flexibility index (Phi) is 7.07. The lowest BCUT2D eigenvalue weighted by atomic mass is 10.0. The summed E-state index contributed by atoms with van der Waals surface area (Å²) in [5, 5.41) is 22.4. The van der Waals surface area contributed by atoms with Crippen LogP contribution < -0.4 is 10.2 Å². The van der Waals surface area contributed by atoms with E-state index in [4.69, 9.17) is 16.9 Å². The third-order valence-corrected chi connectivity index (χ3v) is 7.10. The van der Waals surface area contributed by atoms with Crippen LogP contribution in [0.2, 0.25) is 5.02 Å². The van der Waals surface area contributed by atoms with Gasteiger partial charge in [0, 0.05) is 54.9 Å². The molecule has 1 aromatic heterocycles. The topological polar surface area (TPSA) is 96.0 Å². The van der Waals surface area contributed by atoms with Crippen molar-refractivity contribution in [3.05, 3.63) is 58.2 Å². The van der Waals surface area contributed by atoms with Crippen molar-refractivity contribution >= 4 is 23.3 Å². The molecule has 1 saturated heterocycles. The molecule has 4 rings (SSSR count). The Bertz CT molecular complexity index is 1130. The highest BCUT2D eigenvalue weighted by atomic mass is 35.5. The Hall–Kier alpha value is -3.13. The second kappa shape index (κ2) is 10.0. The van der Waals surface area contributed by atoms with Gasteiger partial charge in [0.15, 0.2) is 0 Å². The molecule has 2 aliphatic rings. The SMILES string of the molecule is CCC1CN(C(=O)CCNC2(c3cc(Cl)cc(C#N)c3)CC2)CC(C)N1c1ccc(C#N)cn1. The fourth-order valence-electron chi connectivity index (χ4n) is 4.92. The van der Waals surface area contributed by atoms with Gasteiger partial charge in [-0.3, -0.25) is 4.79 Å². The summed E-state index contributed by atoms with van der Waals surface area (Å²) in [6.07, 6.45) is 4.86. The highest BCUT2D eigenvalue weighted by Gasteiger charge is 2.44. The van der Waals surface area contributed by atoms with E-state index in [1.165, 1.54) is 0 Å². The quantitative estimate of drug-likeness (QED) is 0.649. The standard InChI is InChI=1S/C26H29ClN6O/c1-3-23-17-32(16-18(2)33(23)24-5-4-19(13-28)15-30-24)25(34)6-9-31-26(7-8-26)21-10-20(14-29)11-22(27)12-21/h4-5,10-12,15,18,23,31H,3,6-9,16-17H2,1-2H3. The molecule has 1 aliphatic carbocycles. The number of nitrogens with one attached hydrogen (secondary N) is 1. The van der Waals surface area contributed by atoms with Crippen LogP contribution in [0.4, 0.5) is 5.82 Å². The molecule has 1 amide bonds. The van der Waals surface area contributed by atoms with Gasteiger partial charge in [0.2, 0.25) is 5.91 Å². The van der Waals surface area contributed by atoms with Gasteiger partial charge in [-0.15, -0.1) is 0 Å². The molecule has 2 aromatic rings. The number of anilines is 1. The van der Waals surface area contributed by atoms with Crippen molar-refractivity contribution in [3.63, 3.8) is 0 Å². The molecular formula is C26H29ClN6O. The van der Waals surface area contributed by atoms with Crippen LogP contribution in [-0.4, -0.2) is 47.5 Å². The number of carbonyl (C=O) groups excluding carboxylic acids is 1. The average Bonchev–Trinajstić information content (AvgIpc) is 3.64. The highest BCUT2D eigenvalue weighted by Crippen LogP contribution is 2.46. The van der Waals surface area contributed by atoms with E-state index >= 15 is 0 Å². The van der Waals surface area contributed by atoms with E-state index in [0.717, 1.165) is 30.6 Å². The molecule has 2 unspecified atom stereocenters. The number of piperazine rings is 1. The van der Waals surface area contributed by atoms with Gasteiger partial charge in [-0.2, -0.15) is 10.5 Å². The minimum absolute atomic E-state index is 0.127. The maximum Gasteiger partial charge on any atom is 0.223 e. The van der Waals surface area contributed by atoms with Crippen LogP contribution in [0.5, 0.6) is 0 Å². The molecule has 7 nitrogen and oxygen atoms in total. The molecule has 176 valence electrons. The first-order chi connectivity index (χ1) is 16.4. The largest absolute Gasteiger partial charge is 0.347 e. The number of benzene rings is 1. The first-order valence-corrected chi connectivity index (χ1v) is 12.2. The molecule has 2 fully saturated rings. The fraction of sp³-hybridized carbons (Fsp3) is 0.462. The number of hydrogen-bond acceptors (Lipinski definition) is 6. The number of pyridine rings is 1. The van der Waals surface area contributed by atoms with Crippen LogP contribution in [0.25, 0.3) is 0 Å². The third-order valence-electron chi connectivity index (χ3n) is 6.88. The number of nitrogens with zero attached hydrogens (tertiary/aromatic N) is 5. The Labute approximate surface area is 205 Å². The van der Waals surface area contributed by atoms with Crippen LogP contribution in [0.3, 0.4) is 0 Å². The van der Waals surface area contributed by atoms with Gasteiger partial charge < -0.3 is 15.1 Å².